The van der Waals surface area contributed by atoms with Crippen LogP contribution < -0.4 is 0 Å². The SMILES string of the molecule is COCCN1CCCN(C(=O)c2nc(-c3ccco3)sc2C)CC1. The second-order valence-corrected chi connectivity index (χ2v) is 7.08. The van der Waals surface area contributed by atoms with Crippen molar-refractivity contribution in [3.05, 3.63) is 29.0 Å². The fourth-order valence-corrected chi connectivity index (χ4v) is 3.74. The minimum atomic E-state index is 0.0233. The molecule has 0 aliphatic carbocycles. The number of ether oxygens (including phenoxy) is 1. The van der Waals surface area contributed by atoms with Crippen LogP contribution in [0.4, 0.5) is 0 Å². The van der Waals surface area contributed by atoms with Crippen LogP contribution in [0.2, 0.25) is 0 Å². The van der Waals surface area contributed by atoms with E-state index >= 15 is 0 Å². The molecular weight excluding hydrogens is 326 g/mol. The third kappa shape index (κ3) is 3.85. The van der Waals surface area contributed by atoms with E-state index in [9.17, 15) is 4.79 Å². The predicted molar refractivity (Wildman–Crippen MR) is 93.4 cm³/mol. The summed E-state index contributed by atoms with van der Waals surface area (Å²) >= 11 is 1.50. The molecule has 1 saturated heterocycles. The number of hydrogen-bond acceptors (Lipinski definition) is 6. The van der Waals surface area contributed by atoms with Crippen LogP contribution in [0, 0.1) is 6.92 Å². The molecule has 3 rings (SSSR count). The first-order valence-electron chi connectivity index (χ1n) is 8.21. The summed E-state index contributed by atoms with van der Waals surface area (Å²) < 4.78 is 10.5. The molecule has 1 aliphatic heterocycles. The van der Waals surface area contributed by atoms with Crippen LogP contribution in [0.25, 0.3) is 10.8 Å². The van der Waals surface area contributed by atoms with Gasteiger partial charge in [0.25, 0.3) is 5.91 Å². The second kappa shape index (κ2) is 7.92. The van der Waals surface area contributed by atoms with Crippen molar-refractivity contribution in [1.29, 1.82) is 0 Å². The number of rotatable bonds is 5. The highest BCUT2D eigenvalue weighted by atomic mass is 32.1. The number of carbonyl (C=O) groups excluding carboxylic acids is 1. The molecule has 0 atom stereocenters. The number of aromatic nitrogens is 1. The molecule has 1 fully saturated rings. The summed E-state index contributed by atoms with van der Waals surface area (Å²) in [5, 5.41) is 0.761. The van der Waals surface area contributed by atoms with Crippen molar-refractivity contribution in [3.63, 3.8) is 0 Å². The van der Waals surface area contributed by atoms with Gasteiger partial charge in [0.15, 0.2) is 10.8 Å². The number of aryl methyl sites for hydroxylation is 1. The Morgan fingerprint density at radius 2 is 2.25 bits per heavy atom. The Morgan fingerprint density at radius 1 is 1.38 bits per heavy atom. The smallest absolute Gasteiger partial charge is 0.273 e. The summed E-state index contributed by atoms with van der Waals surface area (Å²) in [7, 11) is 1.72. The molecule has 2 aromatic rings. The van der Waals surface area contributed by atoms with Crippen molar-refractivity contribution in [2.45, 2.75) is 13.3 Å². The molecule has 24 heavy (non-hydrogen) atoms. The van der Waals surface area contributed by atoms with Crippen LogP contribution in [0.3, 0.4) is 0 Å². The van der Waals surface area contributed by atoms with E-state index in [1.54, 1.807) is 13.4 Å². The van der Waals surface area contributed by atoms with E-state index in [-0.39, 0.29) is 5.91 Å². The van der Waals surface area contributed by atoms with Gasteiger partial charge >= 0.3 is 0 Å². The van der Waals surface area contributed by atoms with Gasteiger partial charge in [0.1, 0.15) is 5.69 Å². The van der Waals surface area contributed by atoms with E-state index in [2.05, 4.69) is 9.88 Å². The minimum Gasteiger partial charge on any atom is -0.462 e. The molecule has 1 aliphatic rings. The largest absolute Gasteiger partial charge is 0.462 e. The van der Waals surface area contributed by atoms with E-state index in [0.717, 1.165) is 55.6 Å². The van der Waals surface area contributed by atoms with E-state index in [1.165, 1.54) is 11.3 Å². The molecular formula is C17H23N3O3S. The average Bonchev–Trinajstić information content (AvgIpc) is 3.17. The third-order valence-corrected chi connectivity index (χ3v) is 5.20. The zero-order chi connectivity index (χ0) is 16.9. The van der Waals surface area contributed by atoms with Crippen LogP contribution in [0.15, 0.2) is 22.8 Å². The van der Waals surface area contributed by atoms with Gasteiger partial charge in [0, 0.05) is 38.2 Å². The van der Waals surface area contributed by atoms with Crippen molar-refractivity contribution >= 4 is 17.2 Å². The highest BCUT2D eigenvalue weighted by Crippen LogP contribution is 2.28. The Labute approximate surface area is 146 Å². The highest BCUT2D eigenvalue weighted by molar-refractivity contribution is 7.15. The number of hydrogen-bond donors (Lipinski definition) is 0. The maximum atomic E-state index is 12.9. The topological polar surface area (TPSA) is 58.8 Å². The first-order valence-corrected chi connectivity index (χ1v) is 9.02. The molecule has 0 spiro atoms. The molecule has 1 amide bonds. The first kappa shape index (κ1) is 17.1. The van der Waals surface area contributed by atoms with Gasteiger partial charge in [-0.3, -0.25) is 9.69 Å². The molecule has 0 radical (unpaired) electrons. The van der Waals surface area contributed by atoms with Crippen LogP contribution in [-0.4, -0.2) is 67.1 Å². The van der Waals surface area contributed by atoms with E-state index in [1.807, 2.05) is 24.0 Å². The Balaban J connectivity index is 1.68. The van der Waals surface area contributed by atoms with Crippen LogP contribution in [-0.2, 0) is 4.74 Å². The monoisotopic (exact) mass is 349 g/mol. The van der Waals surface area contributed by atoms with Gasteiger partial charge in [-0.05, 0) is 32.0 Å². The Morgan fingerprint density at radius 3 is 3.00 bits per heavy atom. The maximum absolute atomic E-state index is 12.9. The summed E-state index contributed by atoms with van der Waals surface area (Å²) in [6.45, 7) is 6.97. The van der Waals surface area contributed by atoms with Gasteiger partial charge in [-0.1, -0.05) is 0 Å². The molecule has 2 aromatic heterocycles. The molecule has 6 nitrogen and oxygen atoms in total. The quantitative estimate of drug-likeness (QED) is 0.830. The number of methoxy groups -OCH3 is 1. The molecule has 0 N–H and O–H groups in total. The minimum absolute atomic E-state index is 0.0233. The van der Waals surface area contributed by atoms with Crippen LogP contribution in [0.1, 0.15) is 21.8 Å². The molecule has 0 saturated carbocycles. The van der Waals surface area contributed by atoms with Crippen molar-refractivity contribution in [1.82, 2.24) is 14.8 Å². The third-order valence-electron chi connectivity index (χ3n) is 4.22. The number of carbonyl (C=O) groups is 1. The lowest BCUT2D eigenvalue weighted by atomic mass is 10.3. The van der Waals surface area contributed by atoms with E-state index in [0.29, 0.717) is 11.5 Å². The second-order valence-electron chi connectivity index (χ2n) is 5.88. The Bertz CT molecular complexity index is 669. The molecule has 3 heterocycles. The zero-order valence-corrected chi connectivity index (χ0v) is 15.0. The molecule has 0 bridgehead atoms. The van der Waals surface area contributed by atoms with Gasteiger partial charge < -0.3 is 14.1 Å². The fraction of sp³-hybridized carbons (Fsp3) is 0.529. The summed E-state index contributed by atoms with van der Waals surface area (Å²) in [5.74, 6) is 0.735. The standard InChI is InChI=1S/C17H23N3O3S/c1-13-15(18-16(24-13)14-5-3-11-23-14)17(21)20-7-4-6-19(8-9-20)10-12-22-2/h3,5,11H,4,6-10,12H2,1-2H3. The summed E-state index contributed by atoms with van der Waals surface area (Å²) in [6.07, 6.45) is 2.60. The lowest BCUT2D eigenvalue weighted by Gasteiger charge is -2.21. The number of furan rings is 1. The summed E-state index contributed by atoms with van der Waals surface area (Å²) in [5.41, 5.74) is 0.553. The maximum Gasteiger partial charge on any atom is 0.273 e. The Kier molecular flexibility index (Phi) is 5.65. The van der Waals surface area contributed by atoms with Crippen molar-refractivity contribution in [2.24, 2.45) is 0 Å². The van der Waals surface area contributed by atoms with Crippen molar-refractivity contribution in [3.8, 4) is 10.8 Å². The van der Waals surface area contributed by atoms with E-state index in [4.69, 9.17) is 9.15 Å². The van der Waals surface area contributed by atoms with Gasteiger partial charge in [-0.2, -0.15) is 0 Å². The lowest BCUT2D eigenvalue weighted by Crippen LogP contribution is -2.36. The van der Waals surface area contributed by atoms with Gasteiger partial charge in [0.2, 0.25) is 0 Å². The summed E-state index contributed by atoms with van der Waals surface area (Å²) in [4.78, 5) is 22.6. The normalized spacial score (nSPS) is 16.3. The molecule has 0 aromatic carbocycles. The summed E-state index contributed by atoms with van der Waals surface area (Å²) in [6, 6.07) is 3.70. The number of thiazole rings is 1. The van der Waals surface area contributed by atoms with Gasteiger partial charge in [-0.25, -0.2) is 4.98 Å². The first-order chi connectivity index (χ1) is 11.7. The lowest BCUT2D eigenvalue weighted by molar-refractivity contribution is 0.0753. The number of amides is 1. The van der Waals surface area contributed by atoms with Gasteiger partial charge in [0.05, 0.1) is 12.9 Å². The van der Waals surface area contributed by atoms with Crippen molar-refractivity contribution in [2.75, 3.05) is 46.4 Å². The zero-order valence-electron chi connectivity index (χ0n) is 14.2. The Hall–Kier alpha value is -1.70. The molecule has 7 heteroatoms. The molecule has 0 unspecified atom stereocenters. The number of nitrogens with zero attached hydrogens (tertiary/aromatic N) is 3. The van der Waals surface area contributed by atoms with E-state index < -0.39 is 0 Å². The average molecular weight is 349 g/mol. The predicted octanol–water partition coefficient (Wildman–Crippen LogP) is 2.51. The molecule has 130 valence electrons. The fourth-order valence-electron chi connectivity index (χ4n) is 2.87. The van der Waals surface area contributed by atoms with Crippen LogP contribution in [0.5, 0.6) is 0 Å². The highest BCUT2D eigenvalue weighted by Gasteiger charge is 2.24. The van der Waals surface area contributed by atoms with Crippen LogP contribution >= 0.6 is 11.3 Å². The van der Waals surface area contributed by atoms with Gasteiger partial charge in [-0.15, -0.1) is 11.3 Å². The van der Waals surface area contributed by atoms with Crippen molar-refractivity contribution < 1.29 is 13.9 Å².